The topological polar surface area (TPSA) is 64.0 Å². The van der Waals surface area contributed by atoms with E-state index in [2.05, 4.69) is 29.4 Å². The number of anilines is 1. The molecule has 4 rings (SSSR count). The van der Waals surface area contributed by atoms with Crippen molar-refractivity contribution in [1.29, 1.82) is 0 Å². The lowest BCUT2D eigenvalue weighted by atomic mass is 10.0. The number of hydrogen-bond donors (Lipinski definition) is 1. The van der Waals surface area contributed by atoms with E-state index in [0.717, 1.165) is 17.5 Å². The number of carbonyl (C=O) groups is 1. The Balaban J connectivity index is 1.66. The number of rotatable bonds is 5. The quantitative estimate of drug-likeness (QED) is 0.492. The number of fused-ring (bicyclic) bond motifs is 1. The first kappa shape index (κ1) is 19.4. The summed E-state index contributed by atoms with van der Waals surface area (Å²) >= 11 is 7.50. The van der Waals surface area contributed by atoms with E-state index >= 15 is 0 Å². The fourth-order valence-corrected chi connectivity index (χ4v) is 4.21. The summed E-state index contributed by atoms with van der Waals surface area (Å²) in [7, 11) is 0. The summed E-state index contributed by atoms with van der Waals surface area (Å²) in [5.41, 5.74) is 3.31. The fraction of sp³-hybridized carbons (Fsp3) is 0.136. The molecule has 0 unspecified atom stereocenters. The van der Waals surface area contributed by atoms with E-state index in [0.29, 0.717) is 20.9 Å². The highest BCUT2D eigenvalue weighted by atomic mass is 35.5. The standard InChI is InChI=1S/C22H18ClN3O2S/c1-2-14-7-9-15(10-8-14)16-12-29-21-20(16)22(28)26(13-24-21)11-19(27)25-18-6-4-3-5-17(18)23/h3-10,12-13H,2,11H2,1H3,(H,25,27). The van der Waals surface area contributed by atoms with Gasteiger partial charge in [-0.2, -0.15) is 0 Å². The Hall–Kier alpha value is -2.96. The first-order chi connectivity index (χ1) is 14.1. The predicted octanol–water partition coefficient (Wildman–Crippen LogP) is 4.98. The molecule has 0 saturated carbocycles. The monoisotopic (exact) mass is 423 g/mol. The molecule has 146 valence electrons. The Morgan fingerprint density at radius 3 is 2.66 bits per heavy atom. The van der Waals surface area contributed by atoms with E-state index in [4.69, 9.17) is 11.6 Å². The second kappa shape index (κ2) is 8.19. The maximum Gasteiger partial charge on any atom is 0.263 e. The average molecular weight is 424 g/mol. The van der Waals surface area contributed by atoms with Crippen molar-refractivity contribution in [3.8, 4) is 11.1 Å². The van der Waals surface area contributed by atoms with Crippen molar-refractivity contribution in [2.45, 2.75) is 19.9 Å². The van der Waals surface area contributed by atoms with Crippen molar-refractivity contribution in [3.05, 3.63) is 81.2 Å². The number of hydrogen-bond acceptors (Lipinski definition) is 4. The molecule has 0 fully saturated rings. The van der Waals surface area contributed by atoms with Gasteiger partial charge in [0.1, 0.15) is 11.4 Å². The van der Waals surface area contributed by atoms with Gasteiger partial charge in [-0.05, 0) is 29.7 Å². The van der Waals surface area contributed by atoms with Crippen LogP contribution in [0.4, 0.5) is 5.69 Å². The molecular weight excluding hydrogens is 406 g/mol. The minimum atomic E-state index is -0.342. The lowest BCUT2D eigenvalue weighted by Gasteiger charge is -2.09. The van der Waals surface area contributed by atoms with Gasteiger partial charge in [0.15, 0.2) is 0 Å². The normalized spacial score (nSPS) is 11.0. The number of nitrogens with one attached hydrogen (secondary N) is 1. The molecule has 1 N–H and O–H groups in total. The van der Waals surface area contributed by atoms with Crippen LogP contribution >= 0.6 is 22.9 Å². The third-order valence-electron chi connectivity index (χ3n) is 4.70. The molecule has 0 bridgehead atoms. The molecule has 0 aliphatic rings. The van der Waals surface area contributed by atoms with E-state index in [-0.39, 0.29) is 18.0 Å². The van der Waals surface area contributed by atoms with Crippen molar-refractivity contribution in [3.63, 3.8) is 0 Å². The molecule has 5 nitrogen and oxygen atoms in total. The van der Waals surface area contributed by atoms with Crippen LogP contribution in [0, 0.1) is 0 Å². The van der Waals surface area contributed by atoms with Crippen LogP contribution in [0.25, 0.3) is 21.3 Å². The van der Waals surface area contributed by atoms with E-state index < -0.39 is 0 Å². The molecule has 7 heteroatoms. The van der Waals surface area contributed by atoms with Crippen LogP contribution in [0.3, 0.4) is 0 Å². The molecule has 0 radical (unpaired) electrons. The Kier molecular flexibility index (Phi) is 5.47. The van der Waals surface area contributed by atoms with Gasteiger partial charge in [-0.3, -0.25) is 14.2 Å². The number of carbonyl (C=O) groups excluding carboxylic acids is 1. The zero-order chi connectivity index (χ0) is 20.4. The highest BCUT2D eigenvalue weighted by molar-refractivity contribution is 7.17. The number of amides is 1. The van der Waals surface area contributed by atoms with Crippen LogP contribution in [-0.2, 0) is 17.8 Å². The van der Waals surface area contributed by atoms with Crippen LogP contribution in [0.15, 0.2) is 65.0 Å². The molecule has 0 aliphatic carbocycles. The minimum Gasteiger partial charge on any atom is -0.323 e. The SMILES string of the molecule is CCc1ccc(-c2csc3ncn(CC(=O)Nc4ccccc4Cl)c(=O)c23)cc1. The molecule has 1 amide bonds. The summed E-state index contributed by atoms with van der Waals surface area (Å²) in [5, 5.41) is 5.65. The molecule has 0 aliphatic heterocycles. The van der Waals surface area contributed by atoms with Crippen LogP contribution in [-0.4, -0.2) is 15.5 Å². The van der Waals surface area contributed by atoms with Crippen molar-refractivity contribution in [1.82, 2.24) is 9.55 Å². The highest BCUT2D eigenvalue weighted by Crippen LogP contribution is 2.30. The number of thiophene rings is 1. The number of aryl methyl sites for hydroxylation is 1. The summed E-state index contributed by atoms with van der Waals surface area (Å²) in [5.74, 6) is -0.342. The zero-order valence-electron chi connectivity index (χ0n) is 15.7. The molecule has 0 atom stereocenters. The van der Waals surface area contributed by atoms with E-state index in [1.165, 1.54) is 27.8 Å². The van der Waals surface area contributed by atoms with Gasteiger partial charge in [-0.25, -0.2) is 4.98 Å². The number of nitrogens with zero attached hydrogens (tertiary/aromatic N) is 2. The van der Waals surface area contributed by atoms with Crippen molar-refractivity contribution < 1.29 is 4.79 Å². The lowest BCUT2D eigenvalue weighted by molar-refractivity contribution is -0.116. The largest absolute Gasteiger partial charge is 0.323 e. The fourth-order valence-electron chi connectivity index (χ4n) is 3.12. The maximum atomic E-state index is 13.1. The molecule has 2 heterocycles. The van der Waals surface area contributed by atoms with Gasteiger partial charge in [-0.15, -0.1) is 11.3 Å². The van der Waals surface area contributed by atoms with Gasteiger partial charge in [0.25, 0.3) is 5.56 Å². The Labute approximate surface area is 176 Å². The van der Waals surface area contributed by atoms with Crippen molar-refractivity contribution in [2.24, 2.45) is 0 Å². The Bertz CT molecular complexity index is 1250. The summed E-state index contributed by atoms with van der Waals surface area (Å²) in [6.45, 7) is 1.96. The second-order valence-corrected chi connectivity index (χ2v) is 7.85. The van der Waals surface area contributed by atoms with Gasteiger partial charge >= 0.3 is 0 Å². The van der Waals surface area contributed by atoms with E-state index in [1.54, 1.807) is 24.3 Å². The van der Waals surface area contributed by atoms with Crippen molar-refractivity contribution >= 4 is 44.7 Å². The van der Waals surface area contributed by atoms with Crippen LogP contribution in [0.1, 0.15) is 12.5 Å². The summed E-state index contributed by atoms with van der Waals surface area (Å²) in [6.07, 6.45) is 2.37. The smallest absolute Gasteiger partial charge is 0.263 e. The molecule has 0 saturated heterocycles. The second-order valence-electron chi connectivity index (χ2n) is 6.59. The molecule has 2 aromatic carbocycles. The van der Waals surface area contributed by atoms with Crippen LogP contribution < -0.4 is 10.9 Å². The van der Waals surface area contributed by atoms with Gasteiger partial charge in [-0.1, -0.05) is 54.9 Å². The summed E-state index contributed by atoms with van der Waals surface area (Å²) in [4.78, 5) is 30.6. The molecule has 4 aromatic rings. The molecule has 29 heavy (non-hydrogen) atoms. The lowest BCUT2D eigenvalue weighted by Crippen LogP contribution is -2.27. The number of benzene rings is 2. The predicted molar refractivity (Wildman–Crippen MR) is 119 cm³/mol. The maximum absolute atomic E-state index is 13.1. The first-order valence-electron chi connectivity index (χ1n) is 9.17. The third kappa shape index (κ3) is 3.95. The number of halogens is 1. The molecule has 0 spiro atoms. The average Bonchev–Trinajstić information content (AvgIpc) is 3.17. The van der Waals surface area contributed by atoms with Gasteiger partial charge in [0.2, 0.25) is 5.91 Å². The van der Waals surface area contributed by atoms with Crippen molar-refractivity contribution in [2.75, 3.05) is 5.32 Å². The van der Waals surface area contributed by atoms with Crippen LogP contribution in [0.5, 0.6) is 0 Å². The number of aromatic nitrogens is 2. The van der Waals surface area contributed by atoms with Gasteiger partial charge in [0, 0.05) is 10.9 Å². The molecular formula is C22H18ClN3O2S. The van der Waals surface area contributed by atoms with Gasteiger partial charge < -0.3 is 5.32 Å². The number of para-hydroxylation sites is 1. The summed E-state index contributed by atoms with van der Waals surface area (Å²) < 4.78 is 1.32. The summed E-state index contributed by atoms with van der Waals surface area (Å²) in [6, 6.07) is 15.1. The molecule has 2 aromatic heterocycles. The third-order valence-corrected chi connectivity index (χ3v) is 5.91. The Morgan fingerprint density at radius 2 is 1.93 bits per heavy atom. The van der Waals surface area contributed by atoms with E-state index in [9.17, 15) is 9.59 Å². The van der Waals surface area contributed by atoms with E-state index in [1.807, 2.05) is 17.5 Å². The van der Waals surface area contributed by atoms with Gasteiger partial charge in [0.05, 0.1) is 22.4 Å². The van der Waals surface area contributed by atoms with Crippen LogP contribution in [0.2, 0.25) is 5.02 Å². The first-order valence-corrected chi connectivity index (χ1v) is 10.4. The highest BCUT2D eigenvalue weighted by Gasteiger charge is 2.15. The minimum absolute atomic E-state index is 0.142. The Morgan fingerprint density at radius 1 is 1.17 bits per heavy atom. The zero-order valence-corrected chi connectivity index (χ0v) is 17.3.